The van der Waals surface area contributed by atoms with Crippen molar-refractivity contribution in [1.82, 2.24) is 15.3 Å². The van der Waals surface area contributed by atoms with E-state index in [4.69, 9.17) is 5.11 Å². The molecule has 1 aromatic rings. The van der Waals surface area contributed by atoms with Gasteiger partial charge in [-0.25, -0.2) is 9.97 Å². The van der Waals surface area contributed by atoms with Crippen molar-refractivity contribution < 1.29 is 14.7 Å². The third kappa shape index (κ3) is 4.60. The van der Waals surface area contributed by atoms with E-state index in [9.17, 15) is 9.59 Å². The van der Waals surface area contributed by atoms with E-state index in [2.05, 4.69) is 15.3 Å². The second-order valence-electron chi connectivity index (χ2n) is 5.32. The minimum Gasteiger partial charge on any atom is -0.481 e. The number of hydrogen-bond donors (Lipinski definition) is 2. The smallest absolute Gasteiger partial charge is 0.305 e. The monoisotopic (exact) mass is 279 g/mol. The Balaban J connectivity index is 2.87. The first-order valence-electron chi connectivity index (χ1n) is 6.62. The Morgan fingerprint density at radius 1 is 1.25 bits per heavy atom. The molecule has 0 aromatic carbocycles. The van der Waals surface area contributed by atoms with Gasteiger partial charge in [0.25, 0.3) is 5.91 Å². The summed E-state index contributed by atoms with van der Waals surface area (Å²) < 4.78 is 0. The van der Waals surface area contributed by atoms with Crippen molar-refractivity contribution in [3.8, 4) is 0 Å². The molecule has 0 saturated carbocycles. The summed E-state index contributed by atoms with van der Waals surface area (Å²) in [6.07, 6.45) is 1.93. The fourth-order valence-corrected chi connectivity index (χ4v) is 2.15. The zero-order valence-electron chi connectivity index (χ0n) is 12.3. The second kappa shape index (κ2) is 6.98. The average molecular weight is 279 g/mol. The van der Waals surface area contributed by atoms with E-state index in [1.165, 1.54) is 6.33 Å². The summed E-state index contributed by atoms with van der Waals surface area (Å²) in [4.78, 5) is 31.1. The highest BCUT2D eigenvalue weighted by Crippen LogP contribution is 2.12. The number of carbonyl (C=O) groups is 2. The molecule has 1 amide bonds. The molecule has 0 fully saturated rings. The van der Waals surface area contributed by atoms with Crippen LogP contribution in [0.25, 0.3) is 0 Å². The number of aromatic nitrogens is 2. The Morgan fingerprint density at radius 2 is 1.80 bits per heavy atom. The van der Waals surface area contributed by atoms with Crippen LogP contribution in [0, 0.1) is 19.8 Å². The first kappa shape index (κ1) is 16.1. The molecule has 2 N–H and O–H groups in total. The van der Waals surface area contributed by atoms with Crippen LogP contribution >= 0.6 is 0 Å². The predicted octanol–water partition coefficient (Wildman–Crippen LogP) is 1.71. The van der Waals surface area contributed by atoms with Crippen LogP contribution in [0.1, 0.15) is 48.4 Å². The third-order valence-corrected chi connectivity index (χ3v) is 2.97. The van der Waals surface area contributed by atoms with E-state index in [0.29, 0.717) is 29.3 Å². The molecule has 110 valence electrons. The van der Waals surface area contributed by atoms with Crippen LogP contribution in [0.15, 0.2) is 6.33 Å². The molecule has 0 aliphatic rings. The maximum atomic E-state index is 12.3. The lowest BCUT2D eigenvalue weighted by molar-refractivity contribution is -0.137. The van der Waals surface area contributed by atoms with E-state index < -0.39 is 5.97 Å². The van der Waals surface area contributed by atoms with Gasteiger partial charge >= 0.3 is 5.97 Å². The highest BCUT2D eigenvalue weighted by Gasteiger charge is 2.21. The number of aliphatic carboxylic acids is 1. The number of rotatable bonds is 6. The molecule has 0 unspecified atom stereocenters. The van der Waals surface area contributed by atoms with Gasteiger partial charge in [-0.1, -0.05) is 13.8 Å². The summed E-state index contributed by atoms with van der Waals surface area (Å²) in [6, 6.07) is -0.390. The number of nitrogens with one attached hydrogen (secondary N) is 1. The molecule has 6 nitrogen and oxygen atoms in total. The summed E-state index contributed by atoms with van der Waals surface area (Å²) in [5.41, 5.74) is 1.61. The molecular weight excluding hydrogens is 258 g/mol. The third-order valence-electron chi connectivity index (χ3n) is 2.97. The summed E-state index contributed by atoms with van der Waals surface area (Å²) in [5.74, 6) is -0.935. The number of carboxylic acids is 1. The zero-order chi connectivity index (χ0) is 15.3. The van der Waals surface area contributed by atoms with E-state index in [-0.39, 0.29) is 18.4 Å². The van der Waals surface area contributed by atoms with Crippen molar-refractivity contribution in [1.29, 1.82) is 0 Å². The van der Waals surface area contributed by atoms with Crippen molar-refractivity contribution in [3.05, 3.63) is 23.3 Å². The molecule has 1 heterocycles. The van der Waals surface area contributed by atoms with Gasteiger partial charge in [0.2, 0.25) is 0 Å². The maximum absolute atomic E-state index is 12.3. The first-order chi connectivity index (χ1) is 9.31. The van der Waals surface area contributed by atoms with E-state index in [1.807, 2.05) is 13.8 Å². The Kier molecular flexibility index (Phi) is 5.61. The van der Waals surface area contributed by atoms with Gasteiger partial charge in [-0.05, 0) is 26.2 Å². The minimum absolute atomic E-state index is 0.0876. The van der Waals surface area contributed by atoms with Crippen LogP contribution in [-0.2, 0) is 4.79 Å². The number of carbonyl (C=O) groups excluding carboxylic acids is 1. The minimum atomic E-state index is -0.922. The largest absolute Gasteiger partial charge is 0.481 e. The Bertz CT molecular complexity index is 480. The molecule has 1 rings (SSSR count). The fourth-order valence-electron chi connectivity index (χ4n) is 2.15. The van der Waals surface area contributed by atoms with Gasteiger partial charge in [-0.3, -0.25) is 9.59 Å². The van der Waals surface area contributed by atoms with E-state index >= 15 is 0 Å². The van der Waals surface area contributed by atoms with Gasteiger partial charge in [-0.2, -0.15) is 0 Å². The molecule has 0 spiro atoms. The van der Waals surface area contributed by atoms with Gasteiger partial charge in [0.05, 0.1) is 23.4 Å². The number of carboxylic acid groups (broad SMARTS) is 1. The normalized spacial score (nSPS) is 12.2. The van der Waals surface area contributed by atoms with Gasteiger partial charge in [-0.15, -0.1) is 0 Å². The second-order valence-corrected chi connectivity index (χ2v) is 5.32. The van der Waals surface area contributed by atoms with Crippen molar-refractivity contribution in [2.75, 3.05) is 0 Å². The van der Waals surface area contributed by atoms with Crippen molar-refractivity contribution in [2.24, 2.45) is 5.92 Å². The molecule has 0 bridgehead atoms. The van der Waals surface area contributed by atoms with Crippen LogP contribution in [0.3, 0.4) is 0 Å². The van der Waals surface area contributed by atoms with Crippen LogP contribution in [-0.4, -0.2) is 33.0 Å². The van der Waals surface area contributed by atoms with Gasteiger partial charge in [0.15, 0.2) is 0 Å². The summed E-state index contributed by atoms with van der Waals surface area (Å²) >= 11 is 0. The number of amides is 1. The van der Waals surface area contributed by atoms with Gasteiger partial charge < -0.3 is 10.4 Å². The molecule has 1 aromatic heterocycles. The summed E-state index contributed by atoms with van der Waals surface area (Å²) in [7, 11) is 0. The molecule has 20 heavy (non-hydrogen) atoms. The molecule has 0 radical (unpaired) electrons. The topological polar surface area (TPSA) is 92.2 Å². The van der Waals surface area contributed by atoms with Crippen LogP contribution < -0.4 is 5.32 Å². The van der Waals surface area contributed by atoms with Crippen LogP contribution in [0.5, 0.6) is 0 Å². The van der Waals surface area contributed by atoms with Gasteiger partial charge in [0.1, 0.15) is 6.33 Å². The molecule has 1 atom stereocenters. The number of hydrogen-bond acceptors (Lipinski definition) is 4. The summed E-state index contributed by atoms with van der Waals surface area (Å²) in [6.45, 7) is 7.45. The van der Waals surface area contributed by atoms with E-state index in [1.54, 1.807) is 13.8 Å². The molecule has 0 aliphatic heterocycles. The maximum Gasteiger partial charge on any atom is 0.305 e. The van der Waals surface area contributed by atoms with Crippen LogP contribution in [0.2, 0.25) is 0 Å². The lowest BCUT2D eigenvalue weighted by Gasteiger charge is -2.19. The molecule has 0 saturated heterocycles. The van der Waals surface area contributed by atoms with Crippen molar-refractivity contribution >= 4 is 11.9 Å². The van der Waals surface area contributed by atoms with Crippen molar-refractivity contribution in [2.45, 2.75) is 46.6 Å². The van der Waals surface area contributed by atoms with E-state index in [0.717, 1.165) is 0 Å². The molecule has 0 aliphatic carbocycles. The first-order valence-corrected chi connectivity index (χ1v) is 6.62. The SMILES string of the molecule is Cc1ncnc(C)c1C(=O)N[C@H](CC(=O)O)CC(C)C. The zero-order valence-corrected chi connectivity index (χ0v) is 12.3. The number of aryl methyl sites for hydroxylation is 2. The van der Waals surface area contributed by atoms with Crippen LogP contribution in [0.4, 0.5) is 0 Å². The Hall–Kier alpha value is -1.98. The quantitative estimate of drug-likeness (QED) is 0.827. The highest BCUT2D eigenvalue weighted by atomic mass is 16.4. The van der Waals surface area contributed by atoms with Crippen molar-refractivity contribution in [3.63, 3.8) is 0 Å². The predicted molar refractivity (Wildman–Crippen MR) is 74.5 cm³/mol. The highest BCUT2D eigenvalue weighted by molar-refractivity contribution is 5.96. The Labute approximate surface area is 118 Å². The summed E-state index contributed by atoms with van der Waals surface area (Å²) in [5, 5.41) is 11.7. The lowest BCUT2D eigenvalue weighted by Crippen LogP contribution is -2.38. The molecule has 6 heteroatoms. The van der Waals surface area contributed by atoms with Gasteiger partial charge in [0, 0.05) is 6.04 Å². The fraction of sp³-hybridized carbons (Fsp3) is 0.571. The Morgan fingerprint density at radius 3 is 2.25 bits per heavy atom. The molecular formula is C14H21N3O3. The lowest BCUT2D eigenvalue weighted by atomic mass is 10.0. The standard InChI is InChI=1S/C14H21N3O3/c1-8(2)5-11(6-12(18)19)17-14(20)13-9(3)15-7-16-10(13)4/h7-8,11H,5-6H2,1-4H3,(H,17,20)(H,18,19)/t11-/m0/s1. The average Bonchev–Trinajstić information content (AvgIpc) is 2.26. The number of nitrogens with zero attached hydrogens (tertiary/aromatic N) is 2.